The number of hydrogen-bond acceptors (Lipinski definition) is 8. The summed E-state index contributed by atoms with van der Waals surface area (Å²) in [6.45, 7) is 27.9. The Morgan fingerprint density at radius 2 is 0.766 bits per heavy atom. The Hall–Kier alpha value is -3.48. The molecule has 0 heterocycles. The lowest BCUT2D eigenvalue weighted by Gasteiger charge is -2.27. The number of benzene rings is 4. The van der Waals surface area contributed by atoms with Crippen LogP contribution in [0, 0.1) is 94.9 Å². The fourth-order valence-corrected chi connectivity index (χ4v) is 19.5. The van der Waals surface area contributed by atoms with E-state index < -0.39 is 40.1 Å². The molecule has 77 heavy (non-hydrogen) atoms. The highest BCUT2D eigenvalue weighted by molar-refractivity contribution is 7.90. The lowest BCUT2D eigenvalue weighted by Crippen LogP contribution is -2.38. The molecule has 1 saturated carbocycles. The maximum atomic E-state index is 14.9. The van der Waals surface area contributed by atoms with Crippen LogP contribution >= 0.6 is 0 Å². The average molecular weight is 1140 g/mol. The molecular weight excluding hydrogens is 1040 g/mol. The van der Waals surface area contributed by atoms with E-state index in [1.165, 1.54) is 51.4 Å². The highest BCUT2D eigenvalue weighted by atomic mass is 32.2. The molecule has 0 bridgehead atoms. The summed E-state index contributed by atoms with van der Waals surface area (Å²) in [6, 6.07) is 13.2. The molecule has 1 aliphatic rings. The summed E-state index contributed by atoms with van der Waals surface area (Å²) in [7, 11) is -15.7. The van der Waals surface area contributed by atoms with Crippen molar-refractivity contribution in [1.29, 1.82) is 0 Å². The van der Waals surface area contributed by atoms with E-state index in [2.05, 4.69) is 18.6 Å². The monoisotopic (exact) mass is 1140 g/mol. The molecule has 430 valence electrons. The van der Waals surface area contributed by atoms with Gasteiger partial charge in [-0.15, -0.1) is 0 Å². The number of rotatable bonds is 32. The van der Waals surface area contributed by atoms with Crippen LogP contribution in [0.3, 0.4) is 0 Å². The predicted octanol–water partition coefficient (Wildman–Crippen LogP) is 12.6. The van der Waals surface area contributed by atoms with Crippen molar-refractivity contribution in [2.24, 2.45) is 11.8 Å². The first-order valence-corrected chi connectivity index (χ1v) is 34.2. The van der Waals surface area contributed by atoms with Crippen LogP contribution in [0.25, 0.3) is 0 Å². The van der Waals surface area contributed by atoms with Crippen LogP contribution in [0.4, 0.5) is 0 Å². The van der Waals surface area contributed by atoms with Gasteiger partial charge in [-0.05, 0) is 196 Å². The summed E-state index contributed by atoms with van der Waals surface area (Å²) >= 11 is 0. The molecule has 2 atom stereocenters. The molecule has 0 amide bonds. The SMILES string of the molecule is CCCCCCCCCCc1c(C)cc(C)c(S(=O)(=O)NCCCCN(CC2CC2CN(CCCCN(CC)S(=O)(=O)c2c(C)cc(C)cc2C)S(=O)(=O)c2c(C)cc(C)cc2C)S(=O)(=O)c2c(C)cc(C)cc2C)c1C. The van der Waals surface area contributed by atoms with Gasteiger partial charge in [-0.1, -0.05) is 118 Å². The summed E-state index contributed by atoms with van der Waals surface area (Å²) in [4.78, 5) is 1.17. The smallest absolute Gasteiger partial charge is 0.211 e. The minimum absolute atomic E-state index is 0.123. The van der Waals surface area contributed by atoms with E-state index in [1.807, 2.05) is 126 Å². The summed E-state index contributed by atoms with van der Waals surface area (Å²) in [5, 5.41) is 0. The molecule has 0 radical (unpaired) electrons. The molecule has 1 N–H and O–H groups in total. The summed E-state index contributed by atoms with van der Waals surface area (Å²) < 4.78 is 123. The first kappa shape index (κ1) is 64.3. The van der Waals surface area contributed by atoms with Gasteiger partial charge in [0.15, 0.2) is 0 Å². The minimum Gasteiger partial charge on any atom is -0.211 e. The topological polar surface area (TPSA) is 158 Å². The Bertz CT molecular complexity index is 3090. The van der Waals surface area contributed by atoms with Crippen molar-refractivity contribution in [3.8, 4) is 0 Å². The van der Waals surface area contributed by atoms with Gasteiger partial charge >= 0.3 is 0 Å². The Morgan fingerprint density at radius 1 is 0.416 bits per heavy atom. The molecule has 2 unspecified atom stereocenters. The Kier molecular flexibility index (Phi) is 23.2. The van der Waals surface area contributed by atoms with Gasteiger partial charge in [0.25, 0.3) is 0 Å². The van der Waals surface area contributed by atoms with Crippen LogP contribution in [0.1, 0.15) is 170 Å². The van der Waals surface area contributed by atoms with Gasteiger partial charge in [-0.3, -0.25) is 0 Å². The van der Waals surface area contributed by atoms with Crippen molar-refractivity contribution in [3.63, 3.8) is 0 Å². The molecule has 16 heteroatoms. The van der Waals surface area contributed by atoms with Crippen molar-refractivity contribution in [3.05, 3.63) is 115 Å². The van der Waals surface area contributed by atoms with Gasteiger partial charge < -0.3 is 0 Å². The second-order valence-corrected chi connectivity index (χ2v) is 30.0. The van der Waals surface area contributed by atoms with E-state index in [0.717, 1.165) is 52.6 Å². The van der Waals surface area contributed by atoms with E-state index in [9.17, 15) is 33.7 Å². The van der Waals surface area contributed by atoms with Crippen molar-refractivity contribution < 1.29 is 33.7 Å². The lowest BCUT2D eigenvalue weighted by molar-refractivity contribution is 0.344. The summed E-state index contributed by atoms with van der Waals surface area (Å²) in [6.07, 6.45) is 12.7. The average Bonchev–Trinajstić information content (AvgIpc) is 4.05. The molecule has 0 aliphatic heterocycles. The van der Waals surface area contributed by atoms with E-state index in [1.54, 1.807) is 0 Å². The van der Waals surface area contributed by atoms with Crippen LogP contribution < -0.4 is 4.72 Å². The zero-order chi connectivity index (χ0) is 57.2. The largest absolute Gasteiger partial charge is 0.243 e. The zero-order valence-electron chi connectivity index (χ0n) is 49.3. The Balaban J connectivity index is 1.31. The summed E-state index contributed by atoms with van der Waals surface area (Å²) in [5.74, 6) is -0.247. The first-order chi connectivity index (χ1) is 36.1. The van der Waals surface area contributed by atoms with Gasteiger partial charge in [0.1, 0.15) is 0 Å². The fourth-order valence-electron chi connectivity index (χ4n) is 12.2. The lowest BCUT2D eigenvalue weighted by atomic mass is 9.95. The van der Waals surface area contributed by atoms with E-state index in [4.69, 9.17) is 0 Å². The molecule has 12 nitrogen and oxygen atoms in total. The third-order valence-electron chi connectivity index (χ3n) is 15.7. The number of nitrogens with one attached hydrogen (secondary N) is 1. The number of aryl methyl sites for hydroxylation is 11. The standard InChI is InChI=1S/C61H94N4O8S4/c1-15-17-18-19-20-21-22-23-28-57-46(6)39-53(13)61(54(57)14)74(66,67)62-29-24-25-31-64(76(70,71)59-49(9)35-44(4)36-50(59)10)41-55-40-56(55)42-65(77(72,73)60-51(11)37-45(5)38-52(60)12)32-27-26-30-63(16-2)75(68,69)58-47(7)33-43(3)34-48(58)8/h33-39,55-56,62H,15-32,40-42H2,1-14H3. The highest BCUT2D eigenvalue weighted by Crippen LogP contribution is 2.42. The highest BCUT2D eigenvalue weighted by Gasteiger charge is 2.44. The molecule has 0 saturated heterocycles. The molecule has 4 aromatic carbocycles. The van der Waals surface area contributed by atoms with Gasteiger partial charge in [0, 0.05) is 45.8 Å². The van der Waals surface area contributed by atoms with Gasteiger partial charge in [0.2, 0.25) is 40.1 Å². The molecular formula is C61H94N4O8S4. The molecule has 0 aromatic heterocycles. The van der Waals surface area contributed by atoms with Gasteiger partial charge in [-0.25, -0.2) is 38.4 Å². The second kappa shape index (κ2) is 27.8. The number of unbranched alkanes of at least 4 members (excludes halogenated alkanes) is 9. The maximum absolute atomic E-state index is 14.9. The van der Waals surface area contributed by atoms with E-state index >= 15 is 0 Å². The quantitative estimate of drug-likeness (QED) is 0.0473. The first-order valence-electron chi connectivity index (χ1n) is 28.4. The predicted molar refractivity (Wildman–Crippen MR) is 316 cm³/mol. The van der Waals surface area contributed by atoms with Crippen LogP contribution in [0.15, 0.2) is 62.0 Å². The second-order valence-electron chi connectivity index (χ2n) is 22.6. The third-order valence-corrected chi connectivity index (χ3v) is 24.1. The van der Waals surface area contributed by atoms with Gasteiger partial charge in [0.05, 0.1) is 19.6 Å². The molecule has 0 spiro atoms. The Morgan fingerprint density at radius 3 is 1.17 bits per heavy atom. The molecule has 5 rings (SSSR count). The summed E-state index contributed by atoms with van der Waals surface area (Å²) in [5.41, 5.74) is 10.6. The van der Waals surface area contributed by atoms with Crippen molar-refractivity contribution in [2.75, 3.05) is 45.8 Å². The van der Waals surface area contributed by atoms with Crippen LogP contribution in [-0.4, -0.2) is 92.4 Å². The molecule has 1 fully saturated rings. The fraction of sp³-hybridized carbons (Fsp3) is 0.607. The van der Waals surface area contributed by atoms with Crippen LogP contribution in [-0.2, 0) is 46.5 Å². The van der Waals surface area contributed by atoms with Gasteiger partial charge in [-0.2, -0.15) is 12.9 Å². The third kappa shape index (κ3) is 16.3. The van der Waals surface area contributed by atoms with E-state index in [0.29, 0.717) is 80.8 Å². The van der Waals surface area contributed by atoms with Crippen LogP contribution in [0.5, 0.6) is 0 Å². The number of sulfonamides is 4. The zero-order valence-corrected chi connectivity index (χ0v) is 52.6. The number of hydrogen-bond donors (Lipinski definition) is 1. The van der Waals surface area contributed by atoms with Crippen molar-refractivity contribution in [2.45, 2.75) is 206 Å². The number of nitrogens with zero attached hydrogens (tertiary/aromatic N) is 3. The molecule has 4 aromatic rings. The van der Waals surface area contributed by atoms with Crippen LogP contribution in [0.2, 0.25) is 0 Å². The van der Waals surface area contributed by atoms with Crippen molar-refractivity contribution in [1.82, 2.24) is 17.6 Å². The van der Waals surface area contributed by atoms with Crippen molar-refractivity contribution >= 4 is 40.1 Å². The normalized spacial score (nSPS) is 15.4. The molecule has 1 aliphatic carbocycles. The van der Waals surface area contributed by atoms with E-state index in [-0.39, 0.29) is 67.4 Å². The Labute approximate surface area is 467 Å². The maximum Gasteiger partial charge on any atom is 0.243 e. The minimum atomic E-state index is -4.03.